The molecule has 0 aliphatic heterocycles. The number of hydrazone groups is 1. The molecule has 0 aromatic heterocycles. The number of rotatable bonds is 5. The molecule has 146 valence electrons. The van der Waals surface area contributed by atoms with Gasteiger partial charge in [-0.3, -0.25) is 9.59 Å². The van der Waals surface area contributed by atoms with Gasteiger partial charge in [-0.1, -0.05) is 47.5 Å². The van der Waals surface area contributed by atoms with Crippen LogP contribution in [0.1, 0.15) is 33.2 Å². The van der Waals surface area contributed by atoms with Crippen molar-refractivity contribution in [3.05, 3.63) is 99.5 Å². The van der Waals surface area contributed by atoms with Crippen molar-refractivity contribution in [1.82, 2.24) is 5.43 Å². The second-order valence-electron chi connectivity index (χ2n) is 6.16. The molecule has 0 radical (unpaired) electrons. The summed E-state index contributed by atoms with van der Waals surface area (Å²) >= 11 is 11.8. The summed E-state index contributed by atoms with van der Waals surface area (Å²) in [6.07, 6.45) is 0. The molecule has 0 atom stereocenters. The lowest BCUT2D eigenvalue weighted by Gasteiger charge is -2.07. The van der Waals surface area contributed by atoms with E-state index in [0.29, 0.717) is 32.6 Å². The Balaban J connectivity index is 1.63. The summed E-state index contributed by atoms with van der Waals surface area (Å²) in [4.78, 5) is 24.4. The van der Waals surface area contributed by atoms with E-state index in [1.165, 1.54) is 0 Å². The summed E-state index contributed by atoms with van der Waals surface area (Å²) in [6.45, 7) is 1.77. The fraction of sp³-hybridized carbons (Fsp3) is 0.0455. The first-order chi connectivity index (χ1) is 13.9. The highest BCUT2D eigenvalue weighted by atomic mass is 35.5. The number of nitrogens with zero attached hydrogens (tertiary/aromatic N) is 1. The number of carbonyl (C=O) groups is 2. The lowest BCUT2D eigenvalue weighted by molar-refractivity contribution is 0.0954. The third-order valence-corrected chi connectivity index (χ3v) is 4.69. The number of carbonyl (C=O) groups excluding carboxylic acids is 2. The molecule has 0 saturated carbocycles. The quantitative estimate of drug-likeness (QED) is 0.424. The number of halogens is 2. The van der Waals surface area contributed by atoms with Gasteiger partial charge >= 0.3 is 0 Å². The third kappa shape index (κ3) is 5.44. The molecule has 0 spiro atoms. The van der Waals surface area contributed by atoms with Crippen molar-refractivity contribution in [3.8, 4) is 0 Å². The first-order valence-corrected chi connectivity index (χ1v) is 9.46. The van der Waals surface area contributed by atoms with Crippen LogP contribution in [0.4, 0.5) is 5.69 Å². The number of anilines is 1. The summed E-state index contributed by atoms with van der Waals surface area (Å²) in [6, 6.07) is 20.5. The number of nitrogens with one attached hydrogen (secondary N) is 2. The molecule has 0 aliphatic rings. The lowest BCUT2D eigenvalue weighted by atomic mass is 10.1. The summed E-state index contributed by atoms with van der Waals surface area (Å²) in [5, 5.41) is 7.86. The Kier molecular flexibility index (Phi) is 6.65. The van der Waals surface area contributed by atoms with E-state index in [1.54, 1.807) is 79.7 Å². The van der Waals surface area contributed by atoms with E-state index in [4.69, 9.17) is 23.2 Å². The van der Waals surface area contributed by atoms with Crippen LogP contribution in [0.5, 0.6) is 0 Å². The zero-order chi connectivity index (χ0) is 20.8. The molecule has 0 fully saturated rings. The van der Waals surface area contributed by atoms with E-state index in [9.17, 15) is 9.59 Å². The molecule has 7 heteroatoms. The maximum absolute atomic E-state index is 12.2. The summed E-state index contributed by atoms with van der Waals surface area (Å²) in [5.74, 6) is -0.617. The molecule has 2 amide bonds. The van der Waals surface area contributed by atoms with Gasteiger partial charge in [0.1, 0.15) is 0 Å². The largest absolute Gasteiger partial charge is 0.322 e. The topological polar surface area (TPSA) is 70.6 Å². The Labute approximate surface area is 178 Å². The van der Waals surface area contributed by atoms with E-state index in [2.05, 4.69) is 15.8 Å². The van der Waals surface area contributed by atoms with Crippen LogP contribution < -0.4 is 10.7 Å². The maximum Gasteiger partial charge on any atom is 0.272 e. The standard InChI is InChI=1S/C22H17Cl2N3O2/c1-14(26-27-22(29)19-4-2-3-5-20(19)24)15-8-12-18(13-9-15)25-21(28)16-6-10-17(23)11-7-16/h2-13H,1H3,(H,25,28)(H,27,29). The normalized spacial score (nSPS) is 11.1. The Hall–Kier alpha value is -3.15. The summed E-state index contributed by atoms with van der Waals surface area (Å²) < 4.78 is 0. The van der Waals surface area contributed by atoms with Gasteiger partial charge in [-0.15, -0.1) is 0 Å². The molecule has 3 aromatic rings. The van der Waals surface area contributed by atoms with Crippen LogP contribution in [-0.2, 0) is 0 Å². The predicted octanol–water partition coefficient (Wildman–Crippen LogP) is 5.40. The third-order valence-electron chi connectivity index (χ3n) is 4.11. The van der Waals surface area contributed by atoms with E-state index in [-0.39, 0.29) is 11.8 Å². The SMILES string of the molecule is CC(=NNC(=O)c1ccccc1Cl)c1ccc(NC(=O)c2ccc(Cl)cc2)cc1. The van der Waals surface area contributed by atoms with Gasteiger partial charge in [-0.05, 0) is 61.0 Å². The lowest BCUT2D eigenvalue weighted by Crippen LogP contribution is -2.19. The zero-order valence-corrected chi connectivity index (χ0v) is 17.0. The number of benzene rings is 3. The monoisotopic (exact) mass is 425 g/mol. The summed E-state index contributed by atoms with van der Waals surface area (Å²) in [5.41, 5.74) is 5.41. The molecule has 2 N–H and O–H groups in total. The minimum atomic E-state index is -0.387. The van der Waals surface area contributed by atoms with Gasteiger partial charge in [0.15, 0.2) is 0 Å². The molecule has 0 aliphatic carbocycles. The minimum Gasteiger partial charge on any atom is -0.322 e. The molecular weight excluding hydrogens is 409 g/mol. The fourth-order valence-electron chi connectivity index (χ4n) is 2.50. The van der Waals surface area contributed by atoms with Crippen molar-refractivity contribution >= 4 is 46.4 Å². The Morgan fingerprint density at radius 2 is 1.41 bits per heavy atom. The molecule has 29 heavy (non-hydrogen) atoms. The van der Waals surface area contributed by atoms with Gasteiger partial charge in [-0.25, -0.2) is 5.43 Å². The van der Waals surface area contributed by atoms with Gasteiger partial charge in [0, 0.05) is 16.3 Å². The molecule has 0 bridgehead atoms. The molecule has 3 aromatic carbocycles. The van der Waals surface area contributed by atoms with E-state index >= 15 is 0 Å². The van der Waals surface area contributed by atoms with Crippen molar-refractivity contribution in [2.45, 2.75) is 6.92 Å². The van der Waals surface area contributed by atoms with E-state index in [0.717, 1.165) is 5.56 Å². The number of hydrogen-bond acceptors (Lipinski definition) is 3. The molecular formula is C22H17Cl2N3O2. The van der Waals surface area contributed by atoms with Crippen molar-refractivity contribution < 1.29 is 9.59 Å². The highest BCUT2D eigenvalue weighted by Crippen LogP contribution is 2.16. The van der Waals surface area contributed by atoms with Crippen LogP contribution in [-0.4, -0.2) is 17.5 Å². The Bertz CT molecular complexity index is 1060. The van der Waals surface area contributed by atoms with Gasteiger partial charge in [0.05, 0.1) is 16.3 Å². The van der Waals surface area contributed by atoms with Crippen molar-refractivity contribution in [2.24, 2.45) is 5.10 Å². The number of hydrogen-bond donors (Lipinski definition) is 2. The van der Waals surface area contributed by atoms with Crippen LogP contribution in [0.3, 0.4) is 0 Å². The van der Waals surface area contributed by atoms with Crippen LogP contribution >= 0.6 is 23.2 Å². The van der Waals surface area contributed by atoms with E-state index in [1.807, 2.05) is 0 Å². The molecule has 0 unspecified atom stereocenters. The first kappa shape index (κ1) is 20.6. The van der Waals surface area contributed by atoms with Crippen molar-refractivity contribution in [2.75, 3.05) is 5.32 Å². The van der Waals surface area contributed by atoms with Gasteiger partial charge < -0.3 is 5.32 Å². The van der Waals surface area contributed by atoms with Gasteiger partial charge in [0.2, 0.25) is 0 Å². The van der Waals surface area contributed by atoms with Crippen LogP contribution in [0.2, 0.25) is 10.0 Å². The molecule has 0 heterocycles. The Morgan fingerprint density at radius 1 is 0.793 bits per heavy atom. The molecule has 5 nitrogen and oxygen atoms in total. The van der Waals surface area contributed by atoms with Crippen LogP contribution in [0, 0.1) is 0 Å². The van der Waals surface area contributed by atoms with Crippen LogP contribution in [0.25, 0.3) is 0 Å². The maximum atomic E-state index is 12.2. The Morgan fingerprint density at radius 3 is 2.07 bits per heavy atom. The minimum absolute atomic E-state index is 0.230. The molecule has 0 saturated heterocycles. The predicted molar refractivity (Wildman–Crippen MR) is 117 cm³/mol. The molecule has 3 rings (SSSR count). The average Bonchev–Trinajstić information content (AvgIpc) is 2.73. The van der Waals surface area contributed by atoms with Crippen molar-refractivity contribution in [3.63, 3.8) is 0 Å². The van der Waals surface area contributed by atoms with Gasteiger partial charge in [0.25, 0.3) is 11.8 Å². The van der Waals surface area contributed by atoms with Gasteiger partial charge in [-0.2, -0.15) is 5.10 Å². The highest BCUT2D eigenvalue weighted by Gasteiger charge is 2.09. The smallest absolute Gasteiger partial charge is 0.272 e. The van der Waals surface area contributed by atoms with Crippen LogP contribution in [0.15, 0.2) is 77.9 Å². The number of amides is 2. The van der Waals surface area contributed by atoms with E-state index < -0.39 is 0 Å². The highest BCUT2D eigenvalue weighted by molar-refractivity contribution is 6.33. The fourth-order valence-corrected chi connectivity index (χ4v) is 2.85. The second-order valence-corrected chi connectivity index (χ2v) is 7.00. The summed E-state index contributed by atoms with van der Waals surface area (Å²) in [7, 11) is 0. The zero-order valence-electron chi connectivity index (χ0n) is 15.4. The second kappa shape index (κ2) is 9.37. The first-order valence-electron chi connectivity index (χ1n) is 8.70. The van der Waals surface area contributed by atoms with Crippen molar-refractivity contribution in [1.29, 1.82) is 0 Å². The average molecular weight is 426 g/mol.